The van der Waals surface area contributed by atoms with Gasteiger partial charge in [-0.1, -0.05) is 6.42 Å². The van der Waals surface area contributed by atoms with Gasteiger partial charge in [0, 0.05) is 0 Å². The molecule has 0 saturated heterocycles. The summed E-state index contributed by atoms with van der Waals surface area (Å²) in [4.78, 5) is 0. The molecule has 17 heavy (non-hydrogen) atoms. The van der Waals surface area contributed by atoms with E-state index in [1.165, 1.54) is 64.5 Å². The predicted octanol–water partition coefficient (Wildman–Crippen LogP) is 2.53. The van der Waals surface area contributed by atoms with E-state index in [1.807, 2.05) is 0 Å². The Labute approximate surface area is 106 Å². The van der Waals surface area contributed by atoms with Gasteiger partial charge < -0.3 is 11.1 Å². The molecule has 3 rings (SSSR count). The van der Waals surface area contributed by atoms with Crippen molar-refractivity contribution in [2.45, 2.75) is 51.4 Å². The summed E-state index contributed by atoms with van der Waals surface area (Å²) in [5.74, 6) is 3.19. The first kappa shape index (κ1) is 12.0. The highest BCUT2D eigenvalue weighted by atomic mass is 14.9. The molecule has 0 aromatic rings. The van der Waals surface area contributed by atoms with Gasteiger partial charge in [0.1, 0.15) is 0 Å². The maximum Gasteiger partial charge on any atom is -0.00152 e. The maximum atomic E-state index is 5.90. The number of rotatable bonds is 8. The Bertz CT molecular complexity index is 234. The SMILES string of the molecule is NCC1(CCNCC(C2CC2)C2CC2)CCC1. The van der Waals surface area contributed by atoms with E-state index in [9.17, 15) is 0 Å². The minimum absolute atomic E-state index is 0.529. The van der Waals surface area contributed by atoms with Gasteiger partial charge in [0.05, 0.1) is 0 Å². The Hall–Kier alpha value is -0.0800. The largest absolute Gasteiger partial charge is 0.330 e. The van der Waals surface area contributed by atoms with Crippen LogP contribution in [0.5, 0.6) is 0 Å². The van der Waals surface area contributed by atoms with Gasteiger partial charge in [-0.2, -0.15) is 0 Å². The summed E-state index contributed by atoms with van der Waals surface area (Å²) in [7, 11) is 0. The first-order valence-corrected chi connectivity index (χ1v) is 7.74. The van der Waals surface area contributed by atoms with Crippen molar-refractivity contribution in [2.24, 2.45) is 28.9 Å². The zero-order valence-electron chi connectivity index (χ0n) is 11.1. The average molecular weight is 236 g/mol. The molecule has 0 unspecified atom stereocenters. The quantitative estimate of drug-likeness (QED) is 0.636. The van der Waals surface area contributed by atoms with Gasteiger partial charge in [0.15, 0.2) is 0 Å². The van der Waals surface area contributed by atoms with E-state index in [0.717, 1.165) is 24.3 Å². The van der Waals surface area contributed by atoms with Crippen LogP contribution in [0.3, 0.4) is 0 Å². The molecule has 0 aromatic heterocycles. The van der Waals surface area contributed by atoms with E-state index in [1.54, 1.807) is 0 Å². The third-order valence-corrected chi connectivity index (χ3v) is 5.51. The van der Waals surface area contributed by atoms with Crippen LogP contribution in [0.2, 0.25) is 0 Å². The molecule has 0 heterocycles. The molecule has 3 saturated carbocycles. The molecule has 0 atom stereocenters. The van der Waals surface area contributed by atoms with Crippen LogP contribution in [-0.2, 0) is 0 Å². The minimum Gasteiger partial charge on any atom is -0.330 e. The molecule has 0 amide bonds. The van der Waals surface area contributed by atoms with Crippen molar-refractivity contribution >= 4 is 0 Å². The lowest BCUT2D eigenvalue weighted by atomic mass is 9.67. The highest BCUT2D eigenvalue weighted by Gasteiger charge is 2.41. The van der Waals surface area contributed by atoms with Crippen LogP contribution in [-0.4, -0.2) is 19.6 Å². The van der Waals surface area contributed by atoms with E-state index >= 15 is 0 Å². The summed E-state index contributed by atoms with van der Waals surface area (Å²) in [5, 5.41) is 3.73. The fraction of sp³-hybridized carbons (Fsp3) is 1.00. The summed E-state index contributed by atoms with van der Waals surface area (Å²) < 4.78 is 0. The van der Waals surface area contributed by atoms with Crippen molar-refractivity contribution in [1.29, 1.82) is 0 Å². The predicted molar refractivity (Wildman–Crippen MR) is 71.8 cm³/mol. The van der Waals surface area contributed by atoms with Crippen LogP contribution in [0.25, 0.3) is 0 Å². The highest BCUT2D eigenvalue weighted by Crippen LogP contribution is 2.49. The molecule has 3 aliphatic rings. The van der Waals surface area contributed by atoms with Gasteiger partial charge in [-0.3, -0.25) is 0 Å². The van der Waals surface area contributed by atoms with Crippen LogP contribution in [0.4, 0.5) is 0 Å². The standard InChI is InChI=1S/C15H28N2/c16-11-15(6-1-7-15)8-9-17-10-14(12-2-3-12)13-4-5-13/h12-14,17H,1-11,16H2. The van der Waals surface area contributed by atoms with Crippen molar-refractivity contribution in [3.05, 3.63) is 0 Å². The molecule has 2 nitrogen and oxygen atoms in total. The normalized spacial score (nSPS) is 27.2. The number of hydrogen-bond acceptors (Lipinski definition) is 2. The number of nitrogens with two attached hydrogens (primary N) is 1. The molecule has 2 heteroatoms. The first-order valence-electron chi connectivity index (χ1n) is 7.74. The first-order chi connectivity index (χ1) is 8.33. The Balaban J connectivity index is 1.34. The molecule has 0 aliphatic heterocycles. The Morgan fingerprint density at radius 2 is 1.76 bits per heavy atom. The topological polar surface area (TPSA) is 38.0 Å². The smallest absolute Gasteiger partial charge is 0.00152 e. The van der Waals surface area contributed by atoms with Crippen LogP contribution in [0.1, 0.15) is 51.4 Å². The zero-order valence-corrected chi connectivity index (χ0v) is 11.1. The molecule has 0 spiro atoms. The molecule has 0 aromatic carbocycles. The minimum atomic E-state index is 0.529. The van der Waals surface area contributed by atoms with Crippen LogP contribution in [0, 0.1) is 23.2 Å². The van der Waals surface area contributed by atoms with E-state index in [-0.39, 0.29) is 0 Å². The monoisotopic (exact) mass is 236 g/mol. The maximum absolute atomic E-state index is 5.90. The molecular weight excluding hydrogens is 208 g/mol. The second kappa shape index (κ2) is 4.89. The summed E-state index contributed by atoms with van der Waals surface area (Å²) >= 11 is 0. The zero-order chi connectivity index (χ0) is 11.7. The van der Waals surface area contributed by atoms with Crippen LogP contribution < -0.4 is 11.1 Å². The molecule has 0 radical (unpaired) electrons. The second-order valence-electron chi connectivity index (χ2n) is 6.85. The summed E-state index contributed by atoms with van der Waals surface area (Å²) in [6.07, 6.45) is 11.5. The third kappa shape index (κ3) is 2.85. The average Bonchev–Trinajstić information content (AvgIpc) is 3.15. The van der Waals surface area contributed by atoms with Gasteiger partial charge in [-0.05, 0) is 87.7 Å². The van der Waals surface area contributed by atoms with Crippen molar-refractivity contribution in [1.82, 2.24) is 5.32 Å². The molecule has 0 bridgehead atoms. The van der Waals surface area contributed by atoms with Crippen molar-refractivity contribution in [3.8, 4) is 0 Å². The van der Waals surface area contributed by atoms with Crippen molar-refractivity contribution in [3.63, 3.8) is 0 Å². The lowest BCUT2D eigenvalue weighted by molar-refractivity contribution is 0.129. The summed E-state index contributed by atoms with van der Waals surface area (Å²) in [5.41, 5.74) is 6.43. The molecule has 98 valence electrons. The second-order valence-corrected chi connectivity index (χ2v) is 6.85. The number of nitrogens with one attached hydrogen (secondary N) is 1. The molecular formula is C15H28N2. The molecule has 3 fully saturated rings. The van der Waals surface area contributed by atoms with E-state index in [4.69, 9.17) is 5.73 Å². The van der Waals surface area contributed by atoms with E-state index < -0.39 is 0 Å². The Morgan fingerprint density at radius 3 is 2.18 bits per heavy atom. The van der Waals surface area contributed by atoms with Crippen LogP contribution >= 0.6 is 0 Å². The summed E-state index contributed by atoms with van der Waals surface area (Å²) in [6, 6.07) is 0. The lowest BCUT2D eigenvalue weighted by Gasteiger charge is -2.41. The molecule has 3 N–H and O–H groups in total. The van der Waals surface area contributed by atoms with Crippen LogP contribution in [0.15, 0.2) is 0 Å². The Kier molecular flexibility index (Phi) is 3.45. The fourth-order valence-corrected chi connectivity index (χ4v) is 3.62. The molecule has 3 aliphatic carbocycles. The van der Waals surface area contributed by atoms with Gasteiger partial charge >= 0.3 is 0 Å². The van der Waals surface area contributed by atoms with Crippen molar-refractivity contribution < 1.29 is 0 Å². The van der Waals surface area contributed by atoms with Gasteiger partial charge in [-0.25, -0.2) is 0 Å². The summed E-state index contributed by atoms with van der Waals surface area (Å²) in [6.45, 7) is 3.40. The van der Waals surface area contributed by atoms with E-state index in [2.05, 4.69) is 5.32 Å². The fourth-order valence-electron chi connectivity index (χ4n) is 3.62. The number of hydrogen-bond donors (Lipinski definition) is 2. The van der Waals surface area contributed by atoms with Gasteiger partial charge in [0.25, 0.3) is 0 Å². The lowest BCUT2D eigenvalue weighted by Crippen LogP contribution is -2.40. The van der Waals surface area contributed by atoms with Crippen molar-refractivity contribution in [2.75, 3.05) is 19.6 Å². The van der Waals surface area contributed by atoms with Gasteiger partial charge in [0.2, 0.25) is 0 Å². The third-order valence-electron chi connectivity index (χ3n) is 5.51. The van der Waals surface area contributed by atoms with E-state index in [0.29, 0.717) is 5.41 Å². The Morgan fingerprint density at radius 1 is 1.12 bits per heavy atom. The highest BCUT2D eigenvalue weighted by molar-refractivity contribution is 4.93. The van der Waals surface area contributed by atoms with Gasteiger partial charge in [-0.15, -0.1) is 0 Å².